The molecule has 0 nitrogen and oxygen atoms in total. The fourth-order valence-corrected chi connectivity index (χ4v) is 5.89. The van der Waals surface area contributed by atoms with Gasteiger partial charge in [0.25, 0.3) is 0 Å². The predicted molar refractivity (Wildman–Crippen MR) is 138 cm³/mol. The van der Waals surface area contributed by atoms with Crippen molar-refractivity contribution in [2.24, 2.45) is 11.8 Å². The van der Waals surface area contributed by atoms with Crippen molar-refractivity contribution in [1.29, 1.82) is 0 Å². The third-order valence-electron chi connectivity index (χ3n) is 8.02. The summed E-state index contributed by atoms with van der Waals surface area (Å²) in [4.78, 5) is 0. The Balaban J connectivity index is 1.46. The van der Waals surface area contributed by atoms with Crippen molar-refractivity contribution in [3.63, 3.8) is 0 Å². The topological polar surface area (TPSA) is 0 Å². The van der Waals surface area contributed by atoms with Crippen LogP contribution in [0.5, 0.6) is 0 Å². The molecule has 0 N–H and O–H groups in total. The van der Waals surface area contributed by atoms with Crippen LogP contribution in [0.1, 0.15) is 127 Å². The summed E-state index contributed by atoms with van der Waals surface area (Å²) in [6.07, 6.45) is 25.6. The van der Waals surface area contributed by atoms with Gasteiger partial charge in [0.15, 0.2) is 0 Å². The SMILES string of the molecule is CCCCCCCCCCc1c(F)cc(C2C=CC(C3CCC(CCC)CC3)=CC2)cc1F. The summed E-state index contributed by atoms with van der Waals surface area (Å²) < 4.78 is 29.5. The molecule has 1 aromatic rings. The van der Waals surface area contributed by atoms with Gasteiger partial charge < -0.3 is 0 Å². The summed E-state index contributed by atoms with van der Waals surface area (Å²) in [5, 5.41) is 0. The van der Waals surface area contributed by atoms with E-state index in [0.29, 0.717) is 12.3 Å². The molecular weight excluding hydrogens is 410 g/mol. The Morgan fingerprint density at radius 1 is 0.788 bits per heavy atom. The molecule has 184 valence electrons. The number of rotatable bonds is 13. The van der Waals surface area contributed by atoms with Crippen LogP contribution in [-0.2, 0) is 6.42 Å². The van der Waals surface area contributed by atoms with E-state index in [1.54, 1.807) is 12.1 Å². The van der Waals surface area contributed by atoms with Crippen LogP contribution >= 0.6 is 0 Å². The smallest absolute Gasteiger partial charge is 0.129 e. The molecule has 0 amide bonds. The van der Waals surface area contributed by atoms with Crippen molar-refractivity contribution in [3.8, 4) is 0 Å². The Morgan fingerprint density at radius 3 is 2.00 bits per heavy atom. The zero-order chi connectivity index (χ0) is 23.5. The standard InChI is InChI=1S/C31H46F2/c1-3-5-6-7-8-9-10-11-13-29-30(32)22-28(23-31(29)33)27-20-18-26(19-21-27)25-16-14-24(12-4-2)15-17-25/h18-20,22-25,27H,3-17,21H2,1-2H3. The maximum absolute atomic E-state index is 14.8. The Labute approximate surface area is 201 Å². The van der Waals surface area contributed by atoms with Gasteiger partial charge in [0, 0.05) is 11.5 Å². The monoisotopic (exact) mass is 456 g/mol. The highest BCUT2D eigenvalue weighted by atomic mass is 19.1. The fourth-order valence-electron chi connectivity index (χ4n) is 5.89. The van der Waals surface area contributed by atoms with E-state index >= 15 is 0 Å². The lowest BCUT2D eigenvalue weighted by molar-refractivity contribution is 0.288. The van der Waals surface area contributed by atoms with E-state index in [1.807, 2.05) is 0 Å². The van der Waals surface area contributed by atoms with Crippen LogP contribution in [0.2, 0.25) is 0 Å². The summed E-state index contributed by atoms with van der Waals surface area (Å²) in [6, 6.07) is 3.18. The minimum atomic E-state index is -0.356. The van der Waals surface area contributed by atoms with E-state index in [4.69, 9.17) is 0 Å². The molecule has 1 atom stereocenters. The molecule has 1 saturated carbocycles. The van der Waals surface area contributed by atoms with Crippen molar-refractivity contribution in [2.45, 2.75) is 122 Å². The van der Waals surface area contributed by atoms with Crippen molar-refractivity contribution < 1.29 is 8.78 Å². The predicted octanol–water partition coefficient (Wildman–Crippen LogP) is 10.2. The van der Waals surface area contributed by atoms with E-state index < -0.39 is 0 Å². The van der Waals surface area contributed by atoms with Gasteiger partial charge in [0.1, 0.15) is 11.6 Å². The molecule has 0 aliphatic heterocycles. The second kappa shape index (κ2) is 14.1. The first-order chi connectivity index (χ1) is 16.1. The molecule has 0 spiro atoms. The molecular formula is C31H46F2. The van der Waals surface area contributed by atoms with Crippen LogP contribution in [0.25, 0.3) is 0 Å². The first-order valence-electron chi connectivity index (χ1n) is 14.0. The van der Waals surface area contributed by atoms with Crippen LogP contribution in [0.4, 0.5) is 8.78 Å². The summed E-state index contributed by atoms with van der Waals surface area (Å²) in [5.41, 5.74) is 2.51. The third-order valence-corrected chi connectivity index (χ3v) is 8.02. The number of hydrogen-bond donors (Lipinski definition) is 0. The number of allylic oxidation sites excluding steroid dienone is 4. The molecule has 0 aromatic heterocycles. The minimum absolute atomic E-state index is 0.0892. The van der Waals surface area contributed by atoms with E-state index in [0.717, 1.165) is 30.7 Å². The molecule has 0 saturated heterocycles. The van der Waals surface area contributed by atoms with E-state index in [-0.39, 0.29) is 23.1 Å². The molecule has 33 heavy (non-hydrogen) atoms. The number of benzene rings is 1. The summed E-state index contributed by atoms with van der Waals surface area (Å²) >= 11 is 0. The molecule has 0 radical (unpaired) electrons. The molecule has 3 rings (SSSR count). The minimum Gasteiger partial charge on any atom is -0.207 e. The molecule has 2 heteroatoms. The normalized spacial score (nSPS) is 23.0. The van der Waals surface area contributed by atoms with E-state index in [1.165, 1.54) is 82.6 Å². The maximum Gasteiger partial charge on any atom is 0.129 e. The fraction of sp³-hybridized carbons (Fsp3) is 0.677. The van der Waals surface area contributed by atoms with Crippen LogP contribution in [0.3, 0.4) is 0 Å². The van der Waals surface area contributed by atoms with Crippen LogP contribution < -0.4 is 0 Å². The molecule has 1 unspecified atom stereocenters. The largest absolute Gasteiger partial charge is 0.207 e. The average molecular weight is 457 g/mol. The van der Waals surface area contributed by atoms with Crippen LogP contribution in [0, 0.1) is 23.5 Å². The van der Waals surface area contributed by atoms with Crippen LogP contribution in [0.15, 0.2) is 35.9 Å². The zero-order valence-electron chi connectivity index (χ0n) is 21.2. The zero-order valence-corrected chi connectivity index (χ0v) is 21.2. The second-order valence-corrected chi connectivity index (χ2v) is 10.6. The van der Waals surface area contributed by atoms with Crippen molar-refractivity contribution in [1.82, 2.24) is 0 Å². The van der Waals surface area contributed by atoms with E-state index in [2.05, 4.69) is 32.1 Å². The van der Waals surface area contributed by atoms with Crippen molar-refractivity contribution in [2.75, 3.05) is 0 Å². The Hall–Kier alpha value is -1.44. The first-order valence-corrected chi connectivity index (χ1v) is 14.0. The van der Waals surface area contributed by atoms with Crippen molar-refractivity contribution >= 4 is 0 Å². The van der Waals surface area contributed by atoms with Gasteiger partial charge in [0.2, 0.25) is 0 Å². The Morgan fingerprint density at radius 2 is 1.42 bits per heavy atom. The van der Waals surface area contributed by atoms with Gasteiger partial charge in [0.05, 0.1) is 0 Å². The quantitative estimate of drug-likeness (QED) is 0.259. The molecule has 1 aromatic carbocycles. The summed E-state index contributed by atoms with van der Waals surface area (Å²) in [7, 11) is 0. The van der Waals surface area contributed by atoms with Gasteiger partial charge in [-0.05, 0) is 80.1 Å². The maximum atomic E-state index is 14.8. The van der Waals surface area contributed by atoms with Gasteiger partial charge in [-0.15, -0.1) is 0 Å². The molecule has 1 fully saturated rings. The molecule has 0 heterocycles. The summed E-state index contributed by atoms with van der Waals surface area (Å²) in [6.45, 7) is 4.51. The second-order valence-electron chi connectivity index (χ2n) is 10.6. The number of halogens is 2. The van der Waals surface area contributed by atoms with Crippen LogP contribution in [-0.4, -0.2) is 0 Å². The highest BCUT2D eigenvalue weighted by Crippen LogP contribution is 2.39. The Kier molecular flexibility index (Phi) is 11.2. The number of hydrogen-bond acceptors (Lipinski definition) is 0. The highest BCUT2D eigenvalue weighted by molar-refractivity contribution is 5.36. The summed E-state index contributed by atoms with van der Waals surface area (Å²) in [5.74, 6) is 0.974. The van der Waals surface area contributed by atoms with E-state index in [9.17, 15) is 8.78 Å². The highest BCUT2D eigenvalue weighted by Gasteiger charge is 2.24. The number of unbranched alkanes of at least 4 members (excludes halogenated alkanes) is 7. The average Bonchev–Trinajstić information content (AvgIpc) is 2.83. The Bertz CT molecular complexity index is 744. The lowest BCUT2D eigenvalue weighted by atomic mass is 9.75. The van der Waals surface area contributed by atoms with Gasteiger partial charge in [-0.1, -0.05) is 89.9 Å². The molecule has 0 bridgehead atoms. The van der Waals surface area contributed by atoms with Gasteiger partial charge in [-0.25, -0.2) is 8.78 Å². The molecule has 2 aliphatic rings. The lowest BCUT2D eigenvalue weighted by Crippen LogP contribution is -2.16. The van der Waals surface area contributed by atoms with Gasteiger partial charge >= 0.3 is 0 Å². The molecule has 2 aliphatic carbocycles. The van der Waals surface area contributed by atoms with Gasteiger partial charge in [-0.3, -0.25) is 0 Å². The van der Waals surface area contributed by atoms with Crippen molar-refractivity contribution in [3.05, 3.63) is 58.7 Å². The lowest BCUT2D eigenvalue weighted by Gasteiger charge is -2.30. The third kappa shape index (κ3) is 8.08. The first kappa shape index (κ1) is 26.2. The van der Waals surface area contributed by atoms with Gasteiger partial charge in [-0.2, -0.15) is 0 Å².